The van der Waals surface area contributed by atoms with Gasteiger partial charge in [0.15, 0.2) is 5.76 Å². The second-order valence-corrected chi connectivity index (χ2v) is 10.7. The third-order valence-corrected chi connectivity index (χ3v) is 6.39. The van der Waals surface area contributed by atoms with E-state index in [1.165, 1.54) is 0 Å². The van der Waals surface area contributed by atoms with Crippen LogP contribution in [0.1, 0.15) is 39.7 Å². The summed E-state index contributed by atoms with van der Waals surface area (Å²) in [6.07, 6.45) is 1.45. The van der Waals surface area contributed by atoms with Crippen molar-refractivity contribution in [3.63, 3.8) is 0 Å². The lowest BCUT2D eigenvalue weighted by Gasteiger charge is -2.21. The summed E-state index contributed by atoms with van der Waals surface area (Å²) >= 11 is 0. The van der Waals surface area contributed by atoms with Crippen LogP contribution in [0, 0.1) is 11.8 Å². The SMILES string of the molecule is CC(C)CC(=O)Nc1ccc(-c2cnc(-c3ccc(NC(=O)[C@@H](NC(=O)OCc4ccccc4)C(C)C)cc3)o2)cc1. The molecule has 9 nitrogen and oxygen atoms in total. The molecule has 0 unspecified atom stereocenters. The Morgan fingerprint density at radius 3 is 2.05 bits per heavy atom. The van der Waals surface area contributed by atoms with Crippen molar-refractivity contribution < 1.29 is 23.5 Å². The molecule has 1 aromatic heterocycles. The number of ether oxygens (including phenoxy) is 1. The molecule has 42 heavy (non-hydrogen) atoms. The molecule has 218 valence electrons. The molecular formula is C33H36N4O5. The monoisotopic (exact) mass is 568 g/mol. The van der Waals surface area contributed by atoms with Gasteiger partial charge in [-0.25, -0.2) is 9.78 Å². The number of rotatable bonds is 11. The lowest BCUT2D eigenvalue weighted by molar-refractivity contribution is -0.119. The van der Waals surface area contributed by atoms with Gasteiger partial charge in [0.05, 0.1) is 6.20 Å². The fraction of sp³-hybridized carbons (Fsp3) is 0.273. The minimum atomic E-state index is -0.780. The summed E-state index contributed by atoms with van der Waals surface area (Å²) < 4.78 is 11.2. The molecule has 0 saturated carbocycles. The average molecular weight is 569 g/mol. The second kappa shape index (κ2) is 14.1. The van der Waals surface area contributed by atoms with Crippen molar-refractivity contribution in [2.24, 2.45) is 11.8 Å². The van der Waals surface area contributed by atoms with E-state index in [0.717, 1.165) is 22.4 Å². The largest absolute Gasteiger partial charge is 0.445 e. The van der Waals surface area contributed by atoms with Gasteiger partial charge in [-0.05, 0) is 65.9 Å². The number of alkyl carbamates (subject to hydrolysis) is 1. The third kappa shape index (κ3) is 8.54. The third-order valence-electron chi connectivity index (χ3n) is 6.39. The molecule has 1 heterocycles. The van der Waals surface area contributed by atoms with Crippen molar-refractivity contribution in [3.05, 3.63) is 90.6 Å². The van der Waals surface area contributed by atoms with E-state index in [1.807, 2.05) is 82.3 Å². The molecule has 0 aliphatic heterocycles. The molecule has 0 spiro atoms. The molecule has 3 N–H and O–H groups in total. The summed E-state index contributed by atoms with van der Waals surface area (Å²) in [5, 5.41) is 8.41. The Morgan fingerprint density at radius 2 is 1.43 bits per heavy atom. The number of nitrogens with one attached hydrogen (secondary N) is 3. The Labute approximate surface area is 245 Å². The molecular weight excluding hydrogens is 532 g/mol. The number of aromatic nitrogens is 1. The summed E-state index contributed by atoms with van der Waals surface area (Å²) in [4.78, 5) is 41.7. The fourth-order valence-corrected chi connectivity index (χ4v) is 4.18. The minimum absolute atomic E-state index is 0.0170. The Bertz CT molecular complexity index is 1480. The van der Waals surface area contributed by atoms with Crippen LogP contribution < -0.4 is 16.0 Å². The smallest absolute Gasteiger partial charge is 0.408 e. The highest BCUT2D eigenvalue weighted by Gasteiger charge is 2.25. The lowest BCUT2D eigenvalue weighted by Crippen LogP contribution is -2.47. The van der Waals surface area contributed by atoms with Gasteiger partial charge in [-0.2, -0.15) is 0 Å². The Morgan fingerprint density at radius 1 is 0.810 bits per heavy atom. The van der Waals surface area contributed by atoms with Crippen molar-refractivity contribution in [3.8, 4) is 22.8 Å². The molecule has 0 aliphatic rings. The molecule has 4 aromatic rings. The molecule has 9 heteroatoms. The quantitative estimate of drug-likeness (QED) is 0.181. The van der Waals surface area contributed by atoms with Gasteiger partial charge in [-0.1, -0.05) is 58.0 Å². The summed E-state index contributed by atoms with van der Waals surface area (Å²) in [7, 11) is 0. The Balaban J connectivity index is 1.33. The van der Waals surface area contributed by atoms with Crippen molar-refractivity contribution in [2.75, 3.05) is 10.6 Å². The van der Waals surface area contributed by atoms with Crippen molar-refractivity contribution in [1.82, 2.24) is 10.3 Å². The van der Waals surface area contributed by atoms with Crippen LogP contribution in [0.3, 0.4) is 0 Å². The zero-order valence-corrected chi connectivity index (χ0v) is 24.2. The zero-order valence-electron chi connectivity index (χ0n) is 24.2. The van der Waals surface area contributed by atoms with Crippen LogP contribution in [0.2, 0.25) is 0 Å². The van der Waals surface area contributed by atoms with E-state index in [9.17, 15) is 14.4 Å². The molecule has 3 aromatic carbocycles. The lowest BCUT2D eigenvalue weighted by atomic mass is 10.0. The number of nitrogens with zero attached hydrogens (tertiary/aromatic N) is 1. The van der Waals surface area contributed by atoms with Gasteiger partial charge in [0.1, 0.15) is 12.6 Å². The highest BCUT2D eigenvalue weighted by Crippen LogP contribution is 2.28. The first-order chi connectivity index (χ1) is 20.2. The van der Waals surface area contributed by atoms with E-state index in [4.69, 9.17) is 9.15 Å². The van der Waals surface area contributed by atoms with Gasteiger partial charge < -0.3 is 25.1 Å². The van der Waals surface area contributed by atoms with Gasteiger partial charge in [-0.15, -0.1) is 0 Å². The first-order valence-corrected chi connectivity index (χ1v) is 13.9. The van der Waals surface area contributed by atoms with E-state index in [0.29, 0.717) is 23.8 Å². The van der Waals surface area contributed by atoms with Crippen LogP contribution in [0.4, 0.5) is 16.2 Å². The number of carbonyl (C=O) groups is 3. The van der Waals surface area contributed by atoms with Gasteiger partial charge in [-0.3, -0.25) is 9.59 Å². The molecule has 4 rings (SSSR count). The molecule has 0 radical (unpaired) electrons. The first-order valence-electron chi connectivity index (χ1n) is 13.9. The molecule has 1 atom stereocenters. The van der Waals surface area contributed by atoms with Crippen LogP contribution in [0.25, 0.3) is 22.8 Å². The Hall–Kier alpha value is -4.92. The highest BCUT2D eigenvalue weighted by molar-refractivity contribution is 5.97. The summed E-state index contributed by atoms with van der Waals surface area (Å²) in [6.45, 7) is 7.82. The first kappa shape index (κ1) is 30.0. The van der Waals surface area contributed by atoms with Crippen molar-refractivity contribution in [1.29, 1.82) is 0 Å². The molecule has 0 saturated heterocycles. The Kier molecular flexibility index (Phi) is 10.1. The van der Waals surface area contributed by atoms with Crippen molar-refractivity contribution >= 4 is 29.3 Å². The van der Waals surface area contributed by atoms with E-state index in [-0.39, 0.29) is 30.3 Å². The van der Waals surface area contributed by atoms with Crippen LogP contribution in [-0.4, -0.2) is 28.9 Å². The second-order valence-electron chi connectivity index (χ2n) is 10.7. The minimum Gasteiger partial charge on any atom is -0.445 e. The normalized spacial score (nSPS) is 11.7. The number of anilines is 2. The molecule has 0 bridgehead atoms. The van der Waals surface area contributed by atoms with Crippen LogP contribution >= 0.6 is 0 Å². The number of oxazole rings is 1. The van der Waals surface area contributed by atoms with E-state index in [1.54, 1.807) is 30.5 Å². The molecule has 0 fully saturated rings. The number of carbonyl (C=O) groups excluding carboxylic acids is 3. The van der Waals surface area contributed by atoms with Gasteiger partial charge >= 0.3 is 6.09 Å². The van der Waals surface area contributed by atoms with Gasteiger partial charge in [0.2, 0.25) is 17.7 Å². The van der Waals surface area contributed by atoms with Gasteiger partial charge in [0.25, 0.3) is 0 Å². The highest BCUT2D eigenvalue weighted by atomic mass is 16.5. The molecule has 3 amide bonds. The summed E-state index contributed by atoms with van der Waals surface area (Å²) in [6, 6.07) is 23.0. The maximum Gasteiger partial charge on any atom is 0.408 e. The molecule has 0 aliphatic carbocycles. The number of hydrogen-bond acceptors (Lipinski definition) is 6. The topological polar surface area (TPSA) is 123 Å². The van der Waals surface area contributed by atoms with Crippen molar-refractivity contribution in [2.45, 2.75) is 46.8 Å². The van der Waals surface area contributed by atoms with E-state index < -0.39 is 12.1 Å². The number of amides is 3. The van der Waals surface area contributed by atoms with Gasteiger partial charge in [0, 0.05) is 28.9 Å². The van der Waals surface area contributed by atoms with Crippen LogP contribution in [-0.2, 0) is 20.9 Å². The van der Waals surface area contributed by atoms with Crippen LogP contribution in [0.5, 0.6) is 0 Å². The predicted molar refractivity (Wildman–Crippen MR) is 162 cm³/mol. The maximum atomic E-state index is 13.0. The van der Waals surface area contributed by atoms with E-state index >= 15 is 0 Å². The maximum absolute atomic E-state index is 13.0. The zero-order chi connectivity index (χ0) is 30.1. The van der Waals surface area contributed by atoms with E-state index in [2.05, 4.69) is 20.9 Å². The number of hydrogen-bond donors (Lipinski definition) is 3. The average Bonchev–Trinajstić information content (AvgIpc) is 3.46. The number of benzene rings is 3. The standard InChI is InChI=1S/C33H36N4O5/c1-21(2)18-29(38)35-26-14-10-24(11-15-26)28-19-34-32(42-28)25-12-16-27(17-13-25)36-31(39)30(22(3)4)37-33(40)41-20-23-8-6-5-7-9-23/h5-17,19,21-22,30H,18,20H2,1-4H3,(H,35,38)(H,36,39)(H,37,40)/t30-/m0/s1. The predicted octanol–water partition coefficient (Wildman–Crippen LogP) is 6.88. The fourth-order valence-electron chi connectivity index (χ4n) is 4.18. The summed E-state index contributed by atoms with van der Waals surface area (Å²) in [5.41, 5.74) is 3.71. The van der Waals surface area contributed by atoms with Crippen LogP contribution in [0.15, 0.2) is 89.5 Å². The summed E-state index contributed by atoms with van der Waals surface area (Å²) in [5.74, 6) is 0.780.